The molecule has 3 nitrogen and oxygen atoms in total. The number of ether oxygens (including phenoxy) is 1. The Balaban J connectivity index is 1.45. The molecule has 1 aliphatic carbocycles. The predicted octanol–water partition coefficient (Wildman–Crippen LogP) is 6.19. The number of benzene rings is 2. The van der Waals surface area contributed by atoms with Gasteiger partial charge in [0.15, 0.2) is 5.78 Å². The van der Waals surface area contributed by atoms with Gasteiger partial charge < -0.3 is 4.74 Å². The summed E-state index contributed by atoms with van der Waals surface area (Å²) in [6.45, 7) is 0. The van der Waals surface area contributed by atoms with E-state index in [4.69, 9.17) is 4.74 Å². The molecule has 2 aromatic carbocycles. The van der Waals surface area contributed by atoms with Crippen LogP contribution in [0.15, 0.2) is 60.8 Å². The Morgan fingerprint density at radius 3 is 2.31 bits per heavy atom. The molecule has 0 amide bonds. The number of carbonyl (C=O) groups is 1. The van der Waals surface area contributed by atoms with Gasteiger partial charge >= 0.3 is 6.18 Å². The lowest BCUT2D eigenvalue weighted by molar-refractivity contribution is -0.137. The third-order valence-electron chi connectivity index (χ3n) is 4.72. The van der Waals surface area contributed by atoms with Crippen LogP contribution in [0.1, 0.15) is 39.0 Å². The molecule has 0 radical (unpaired) electrons. The Kier molecular flexibility index (Phi) is 4.92. The Labute approximate surface area is 165 Å². The molecule has 0 atom stereocenters. The van der Waals surface area contributed by atoms with Gasteiger partial charge in [0.05, 0.1) is 5.56 Å². The van der Waals surface area contributed by atoms with Gasteiger partial charge in [0.2, 0.25) is 5.88 Å². The van der Waals surface area contributed by atoms with E-state index in [1.807, 2.05) is 6.07 Å². The first-order valence-electron chi connectivity index (χ1n) is 9.04. The van der Waals surface area contributed by atoms with Crippen molar-refractivity contribution in [1.29, 1.82) is 0 Å². The smallest absolute Gasteiger partial charge is 0.416 e. The van der Waals surface area contributed by atoms with Crippen LogP contribution < -0.4 is 4.74 Å². The highest BCUT2D eigenvalue weighted by Gasteiger charge is 2.29. The fourth-order valence-corrected chi connectivity index (χ4v) is 3.19. The number of halogens is 3. The number of carbonyl (C=O) groups excluding carboxylic acids is 1. The molecule has 1 heterocycles. The van der Waals surface area contributed by atoms with Crippen LogP contribution in [0, 0.1) is 0 Å². The lowest BCUT2D eigenvalue weighted by Gasteiger charge is -2.09. The second kappa shape index (κ2) is 7.54. The van der Waals surface area contributed by atoms with E-state index in [1.165, 1.54) is 12.1 Å². The van der Waals surface area contributed by atoms with Crippen LogP contribution in [0.4, 0.5) is 13.2 Å². The standard InChI is InChI=1S/C23H16F3NO2/c24-23(25,26)17-9-6-15(7-10-17)4-5-16-8-13-22(27-14-16)29-21-3-1-2-18-19(21)11-12-20(18)28/h1-10,13-14H,11-12H2. The number of aromatic nitrogens is 1. The number of alkyl halides is 3. The summed E-state index contributed by atoms with van der Waals surface area (Å²) in [5.74, 6) is 1.17. The second-order valence-electron chi connectivity index (χ2n) is 6.69. The largest absolute Gasteiger partial charge is 0.439 e. The van der Waals surface area contributed by atoms with Crippen molar-refractivity contribution in [3.05, 3.63) is 88.6 Å². The van der Waals surface area contributed by atoms with Gasteiger partial charge in [0, 0.05) is 29.8 Å². The van der Waals surface area contributed by atoms with Crippen LogP contribution in [-0.2, 0) is 12.6 Å². The van der Waals surface area contributed by atoms with Crippen molar-refractivity contribution in [3.8, 4) is 11.6 Å². The van der Waals surface area contributed by atoms with Crippen molar-refractivity contribution in [2.24, 2.45) is 0 Å². The van der Waals surface area contributed by atoms with Crippen molar-refractivity contribution in [2.45, 2.75) is 19.0 Å². The van der Waals surface area contributed by atoms with Crippen molar-refractivity contribution in [3.63, 3.8) is 0 Å². The van der Waals surface area contributed by atoms with Crippen molar-refractivity contribution >= 4 is 17.9 Å². The third-order valence-corrected chi connectivity index (χ3v) is 4.72. The van der Waals surface area contributed by atoms with Gasteiger partial charge in [-0.15, -0.1) is 0 Å². The monoisotopic (exact) mass is 395 g/mol. The zero-order chi connectivity index (χ0) is 20.4. The Hall–Kier alpha value is -3.41. The Bertz CT molecular complexity index is 1070. The highest BCUT2D eigenvalue weighted by atomic mass is 19.4. The number of pyridine rings is 1. The van der Waals surface area contributed by atoms with E-state index in [0.717, 1.165) is 23.3 Å². The molecular formula is C23H16F3NO2. The number of Topliss-reactive ketones (excluding diaryl/α,β-unsaturated/α-hetero) is 1. The molecule has 0 fully saturated rings. The minimum atomic E-state index is -4.34. The second-order valence-corrected chi connectivity index (χ2v) is 6.69. The van der Waals surface area contributed by atoms with Gasteiger partial charge in [0.1, 0.15) is 5.75 Å². The quantitative estimate of drug-likeness (QED) is 0.529. The maximum Gasteiger partial charge on any atom is 0.416 e. The summed E-state index contributed by atoms with van der Waals surface area (Å²) in [6, 6.07) is 13.9. The molecule has 6 heteroatoms. The third kappa shape index (κ3) is 4.21. The molecule has 0 saturated carbocycles. The number of hydrogen-bond donors (Lipinski definition) is 0. The minimum Gasteiger partial charge on any atom is -0.439 e. The van der Waals surface area contributed by atoms with Crippen LogP contribution in [0.5, 0.6) is 11.6 Å². The zero-order valence-corrected chi connectivity index (χ0v) is 15.2. The van der Waals surface area contributed by atoms with Crippen molar-refractivity contribution in [1.82, 2.24) is 4.98 Å². The van der Waals surface area contributed by atoms with Gasteiger partial charge in [-0.1, -0.05) is 36.4 Å². The number of ketones is 1. The van der Waals surface area contributed by atoms with E-state index >= 15 is 0 Å². The molecule has 4 rings (SSSR count). The molecular weight excluding hydrogens is 379 g/mol. The summed E-state index contributed by atoms with van der Waals surface area (Å²) in [7, 11) is 0. The van der Waals surface area contributed by atoms with E-state index in [1.54, 1.807) is 42.6 Å². The molecule has 0 unspecified atom stereocenters. The summed E-state index contributed by atoms with van der Waals surface area (Å²) in [5, 5.41) is 0. The summed E-state index contributed by atoms with van der Waals surface area (Å²) < 4.78 is 43.6. The van der Waals surface area contributed by atoms with Gasteiger partial charge in [-0.25, -0.2) is 4.98 Å². The lowest BCUT2D eigenvalue weighted by atomic mass is 10.1. The molecule has 146 valence electrons. The first-order chi connectivity index (χ1) is 13.9. The van der Waals surface area contributed by atoms with Gasteiger partial charge in [-0.2, -0.15) is 13.2 Å². The molecule has 29 heavy (non-hydrogen) atoms. The van der Waals surface area contributed by atoms with Crippen LogP contribution in [0.2, 0.25) is 0 Å². The van der Waals surface area contributed by atoms with E-state index in [0.29, 0.717) is 35.6 Å². The summed E-state index contributed by atoms with van der Waals surface area (Å²) >= 11 is 0. The average Bonchev–Trinajstić information content (AvgIpc) is 3.09. The molecule has 1 aliphatic rings. The summed E-state index contributed by atoms with van der Waals surface area (Å²) in [6.07, 6.45) is 1.92. The van der Waals surface area contributed by atoms with E-state index in [9.17, 15) is 18.0 Å². The number of fused-ring (bicyclic) bond motifs is 1. The molecule has 0 bridgehead atoms. The normalized spacial score (nSPS) is 13.7. The Morgan fingerprint density at radius 2 is 1.62 bits per heavy atom. The number of rotatable bonds is 4. The highest BCUT2D eigenvalue weighted by molar-refractivity contribution is 6.01. The van der Waals surface area contributed by atoms with Gasteiger partial charge in [-0.3, -0.25) is 4.79 Å². The average molecular weight is 395 g/mol. The van der Waals surface area contributed by atoms with Crippen LogP contribution >= 0.6 is 0 Å². The Morgan fingerprint density at radius 1 is 0.897 bits per heavy atom. The zero-order valence-electron chi connectivity index (χ0n) is 15.2. The fourth-order valence-electron chi connectivity index (χ4n) is 3.19. The lowest BCUT2D eigenvalue weighted by Crippen LogP contribution is -2.03. The molecule has 1 aromatic heterocycles. The fraction of sp³-hybridized carbons (Fsp3) is 0.130. The topological polar surface area (TPSA) is 39.2 Å². The SMILES string of the molecule is O=C1CCc2c(Oc3ccc(C=Cc4ccc(C(F)(F)F)cc4)cn3)cccc21. The van der Waals surface area contributed by atoms with Gasteiger partial charge in [-0.05, 0) is 41.8 Å². The molecule has 0 spiro atoms. The minimum absolute atomic E-state index is 0.127. The van der Waals surface area contributed by atoms with E-state index in [2.05, 4.69) is 4.98 Å². The maximum absolute atomic E-state index is 12.6. The molecule has 0 saturated heterocycles. The number of hydrogen-bond acceptors (Lipinski definition) is 3. The van der Waals surface area contributed by atoms with Crippen LogP contribution in [-0.4, -0.2) is 10.8 Å². The maximum atomic E-state index is 12.6. The van der Waals surface area contributed by atoms with Crippen LogP contribution in [0.25, 0.3) is 12.2 Å². The van der Waals surface area contributed by atoms with E-state index < -0.39 is 11.7 Å². The summed E-state index contributed by atoms with van der Waals surface area (Å²) in [4.78, 5) is 16.1. The summed E-state index contributed by atoms with van der Waals surface area (Å²) in [5.41, 5.74) is 2.38. The highest BCUT2D eigenvalue weighted by Crippen LogP contribution is 2.33. The van der Waals surface area contributed by atoms with Gasteiger partial charge in [0.25, 0.3) is 0 Å². The van der Waals surface area contributed by atoms with E-state index in [-0.39, 0.29) is 5.78 Å². The predicted molar refractivity (Wildman–Crippen MR) is 104 cm³/mol. The molecule has 0 N–H and O–H groups in total. The molecule has 0 aliphatic heterocycles. The first kappa shape index (κ1) is 18.9. The first-order valence-corrected chi connectivity index (χ1v) is 9.04. The van der Waals surface area contributed by atoms with Crippen molar-refractivity contribution in [2.75, 3.05) is 0 Å². The number of nitrogens with zero attached hydrogens (tertiary/aromatic N) is 1. The van der Waals surface area contributed by atoms with Crippen LogP contribution in [0.3, 0.4) is 0 Å². The van der Waals surface area contributed by atoms with Crippen molar-refractivity contribution < 1.29 is 22.7 Å². The molecule has 3 aromatic rings.